The molecule has 0 fully saturated rings. The van der Waals surface area contributed by atoms with Crippen LogP contribution in [0.1, 0.15) is 17.7 Å². The third kappa shape index (κ3) is 4.68. The zero-order chi connectivity index (χ0) is 17.6. The number of nitrogens with zero attached hydrogens (tertiary/aromatic N) is 1. The van der Waals surface area contributed by atoms with E-state index in [2.05, 4.69) is 16.4 Å². The summed E-state index contributed by atoms with van der Waals surface area (Å²) in [5.74, 6) is -0.00995. The number of pyridine rings is 1. The van der Waals surface area contributed by atoms with Gasteiger partial charge in [0.25, 0.3) is 0 Å². The van der Waals surface area contributed by atoms with Gasteiger partial charge in [0, 0.05) is 29.0 Å². The van der Waals surface area contributed by atoms with E-state index < -0.39 is 0 Å². The van der Waals surface area contributed by atoms with Crippen LogP contribution in [0.5, 0.6) is 0 Å². The summed E-state index contributed by atoms with van der Waals surface area (Å²) < 4.78 is 0. The Labute approximate surface area is 152 Å². The fraction of sp³-hybridized carbons (Fsp3) is 0.143. The molecular formula is C21H19ClN2O. The second-order valence-corrected chi connectivity index (χ2v) is 6.35. The lowest BCUT2D eigenvalue weighted by Crippen LogP contribution is -2.13. The third-order valence-electron chi connectivity index (χ3n) is 3.99. The van der Waals surface area contributed by atoms with Gasteiger partial charge < -0.3 is 5.32 Å². The Hall–Kier alpha value is -2.65. The predicted molar refractivity (Wildman–Crippen MR) is 103 cm³/mol. The third-order valence-corrected chi connectivity index (χ3v) is 4.23. The maximum absolute atomic E-state index is 12.2. The van der Waals surface area contributed by atoms with Crippen molar-refractivity contribution in [2.75, 3.05) is 5.32 Å². The minimum atomic E-state index is -0.00995. The van der Waals surface area contributed by atoms with Crippen LogP contribution in [0.15, 0.2) is 66.9 Å². The summed E-state index contributed by atoms with van der Waals surface area (Å²) >= 11 is 6.06. The summed E-state index contributed by atoms with van der Waals surface area (Å²) in [5, 5.41) is 3.69. The number of anilines is 1. The van der Waals surface area contributed by atoms with Crippen molar-refractivity contribution in [3.8, 4) is 11.1 Å². The first-order chi connectivity index (χ1) is 12.1. The molecule has 25 heavy (non-hydrogen) atoms. The van der Waals surface area contributed by atoms with Crippen LogP contribution in [0.3, 0.4) is 0 Å². The molecule has 0 aliphatic heterocycles. The van der Waals surface area contributed by atoms with Gasteiger partial charge in [0.05, 0.1) is 0 Å². The maximum Gasteiger partial charge on any atom is 0.224 e. The molecule has 3 rings (SSSR count). The molecule has 0 saturated carbocycles. The number of hydrogen-bond acceptors (Lipinski definition) is 2. The summed E-state index contributed by atoms with van der Waals surface area (Å²) in [4.78, 5) is 16.4. The first kappa shape index (κ1) is 17.2. The maximum atomic E-state index is 12.2. The van der Waals surface area contributed by atoms with E-state index in [9.17, 15) is 4.79 Å². The van der Waals surface area contributed by atoms with Crippen LogP contribution in [0, 0.1) is 6.92 Å². The number of amides is 1. The highest BCUT2D eigenvalue weighted by Crippen LogP contribution is 2.26. The standard InChI is InChI=1S/C21H19ClN2O/c1-15-13-17(16-5-4-6-18(22)14-16)8-10-20(15)24-21(25)11-9-19-7-2-3-12-23-19/h2-8,10,12-14H,9,11H2,1H3,(H,24,25). The van der Waals surface area contributed by atoms with Crippen molar-refractivity contribution in [3.05, 3.63) is 83.1 Å². The molecule has 0 spiro atoms. The SMILES string of the molecule is Cc1cc(-c2cccc(Cl)c2)ccc1NC(=O)CCc1ccccn1. The van der Waals surface area contributed by atoms with Crippen molar-refractivity contribution in [1.82, 2.24) is 4.98 Å². The lowest BCUT2D eigenvalue weighted by atomic mass is 10.0. The van der Waals surface area contributed by atoms with Crippen LogP contribution < -0.4 is 5.32 Å². The molecule has 0 atom stereocenters. The molecule has 1 amide bonds. The van der Waals surface area contributed by atoms with Gasteiger partial charge in [0.2, 0.25) is 5.91 Å². The molecule has 0 bridgehead atoms. The van der Waals surface area contributed by atoms with Gasteiger partial charge in [-0.2, -0.15) is 0 Å². The highest BCUT2D eigenvalue weighted by atomic mass is 35.5. The molecule has 1 aromatic heterocycles. The molecule has 0 saturated heterocycles. The Bertz CT molecular complexity index is 878. The molecule has 0 radical (unpaired) electrons. The van der Waals surface area contributed by atoms with E-state index in [1.54, 1.807) is 6.20 Å². The molecule has 4 heteroatoms. The average Bonchev–Trinajstić information content (AvgIpc) is 2.62. The van der Waals surface area contributed by atoms with Crippen LogP contribution in [0.25, 0.3) is 11.1 Å². The molecule has 1 heterocycles. The van der Waals surface area contributed by atoms with Crippen LogP contribution in [-0.2, 0) is 11.2 Å². The first-order valence-electron chi connectivity index (χ1n) is 8.18. The molecule has 0 aliphatic carbocycles. The van der Waals surface area contributed by atoms with Gasteiger partial charge >= 0.3 is 0 Å². The van der Waals surface area contributed by atoms with Crippen molar-refractivity contribution < 1.29 is 4.79 Å². The van der Waals surface area contributed by atoms with Gasteiger partial charge in [-0.05, 0) is 66.4 Å². The Morgan fingerprint density at radius 3 is 2.60 bits per heavy atom. The molecule has 0 unspecified atom stereocenters. The smallest absolute Gasteiger partial charge is 0.224 e. The Morgan fingerprint density at radius 1 is 1.04 bits per heavy atom. The molecule has 2 aromatic carbocycles. The number of halogens is 1. The summed E-state index contributed by atoms with van der Waals surface area (Å²) in [5.41, 5.74) is 4.90. The van der Waals surface area contributed by atoms with Crippen LogP contribution in [0.4, 0.5) is 5.69 Å². The van der Waals surface area contributed by atoms with E-state index in [4.69, 9.17) is 11.6 Å². The fourth-order valence-electron chi connectivity index (χ4n) is 2.65. The summed E-state index contributed by atoms with van der Waals surface area (Å²) in [7, 11) is 0. The second kappa shape index (κ2) is 7.95. The van der Waals surface area contributed by atoms with E-state index in [-0.39, 0.29) is 5.91 Å². The average molecular weight is 351 g/mol. The van der Waals surface area contributed by atoms with Crippen molar-refractivity contribution in [2.24, 2.45) is 0 Å². The van der Waals surface area contributed by atoms with Crippen molar-refractivity contribution in [2.45, 2.75) is 19.8 Å². The highest BCUT2D eigenvalue weighted by molar-refractivity contribution is 6.30. The molecule has 0 aliphatic rings. The summed E-state index contributed by atoms with van der Waals surface area (Å²) in [6.07, 6.45) is 2.78. The van der Waals surface area contributed by atoms with Gasteiger partial charge in [-0.15, -0.1) is 0 Å². The summed E-state index contributed by atoms with van der Waals surface area (Å²) in [6, 6.07) is 19.4. The number of hydrogen-bond donors (Lipinski definition) is 1. The zero-order valence-corrected chi connectivity index (χ0v) is 14.8. The number of rotatable bonds is 5. The number of carbonyl (C=O) groups is 1. The van der Waals surface area contributed by atoms with Gasteiger partial charge in [-0.25, -0.2) is 0 Å². The molecule has 3 nitrogen and oxygen atoms in total. The predicted octanol–water partition coefficient (Wildman–Crippen LogP) is 5.28. The summed E-state index contributed by atoms with van der Waals surface area (Å²) in [6.45, 7) is 1.99. The number of carbonyl (C=O) groups excluding carboxylic acids is 1. The Kier molecular flexibility index (Phi) is 5.46. The molecule has 126 valence electrons. The van der Waals surface area contributed by atoms with Crippen LogP contribution in [-0.4, -0.2) is 10.9 Å². The van der Waals surface area contributed by atoms with Crippen LogP contribution >= 0.6 is 11.6 Å². The quantitative estimate of drug-likeness (QED) is 0.680. The van der Waals surface area contributed by atoms with Crippen molar-refractivity contribution >= 4 is 23.2 Å². The van der Waals surface area contributed by atoms with Crippen molar-refractivity contribution in [1.29, 1.82) is 0 Å². The number of nitrogens with one attached hydrogen (secondary N) is 1. The normalized spacial score (nSPS) is 10.5. The fourth-order valence-corrected chi connectivity index (χ4v) is 2.84. The number of aromatic nitrogens is 1. The van der Waals surface area contributed by atoms with Gasteiger partial charge in [-0.3, -0.25) is 9.78 Å². The van der Waals surface area contributed by atoms with E-state index in [0.29, 0.717) is 17.9 Å². The highest BCUT2D eigenvalue weighted by Gasteiger charge is 2.07. The van der Waals surface area contributed by atoms with Gasteiger partial charge in [-0.1, -0.05) is 35.9 Å². The minimum Gasteiger partial charge on any atom is -0.326 e. The van der Waals surface area contributed by atoms with Crippen LogP contribution in [0.2, 0.25) is 5.02 Å². The molecule has 1 N–H and O–H groups in total. The van der Waals surface area contributed by atoms with E-state index in [0.717, 1.165) is 28.1 Å². The van der Waals surface area contributed by atoms with E-state index >= 15 is 0 Å². The minimum absolute atomic E-state index is 0.00995. The topological polar surface area (TPSA) is 42.0 Å². The zero-order valence-electron chi connectivity index (χ0n) is 14.0. The lowest BCUT2D eigenvalue weighted by Gasteiger charge is -2.11. The molecule has 3 aromatic rings. The molecular weight excluding hydrogens is 332 g/mol. The van der Waals surface area contributed by atoms with Gasteiger partial charge in [0.1, 0.15) is 0 Å². The lowest BCUT2D eigenvalue weighted by molar-refractivity contribution is -0.116. The largest absolute Gasteiger partial charge is 0.326 e. The van der Waals surface area contributed by atoms with E-state index in [1.807, 2.05) is 61.5 Å². The Morgan fingerprint density at radius 2 is 1.88 bits per heavy atom. The van der Waals surface area contributed by atoms with Crippen molar-refractivity contribution in [3.63, 3.8) is 0 Å². The van der Waals surface area contributed by atoms with E-state index in [1.165, 1.54) is 0 Å². The number of aryl methyl sites for hydroxylation is 2. The second-order valence-electron chi connectivity index (χ2n) is 5.91. The first-order valence-corrected chi connectivity index (χ1v) is 8.56. The number of benzene rings is 2. The van der Waals surface area contributed by atoms with Gasteiger partial charge in [0.15, 0.2) is 0 Å². The Balaban J connectivity index is 1.66. The monoisotopic (exact) mass is 350 g/mol.